The molecule has 0 aliphatic carbocycles. The number of amides is 1. The minimum atomic E-state index is -5.65. The van der Waals surface area contributed by atoms with E-state index in [1.165, 1.54) is 0 Å². The molecule has 128 valence electrons. The van der Waals surface area contributed by atoms with Crippen LogP contribution < -0.4 is 5.32 Å². The molecule has 1 rings (SSSR count). The lowest BCUT2D eigenvalue weighted by atomic mass is 10.2. The number of hydrogen-bond acceptors (Lipinski definition) is 5. The number of ether oxygens (including phenoxy) is 1. The molecule has 0 saturated heterocycles. The van der Waals surface area contributed by atoms with Crippen molar-refractivity contribution in [2.75, 3.05) is 13.2 Å². The van der Waals surface area contributed by atoms with Crippen LogP contribution in [0.2, 0.25) is 0 Å². The summed E-state index contributed by atoms with van der Waals surface area (Å²) in [5.41, 5.74) is 0.364. The van der Waals surface area contributed by atoms with E-state index >= 15 is 0 Å². The van der Waals surface area contributed by atoms with Gasteiger partial charge in [0.2, 0.25) is 0 Å². The van der Waals surface area contributed by atoms with Crippen LogP contribution in [0, 0.1) is 3.57 Å². The quantitative estimate of drug-likeness (QED) is 0.360. The molecule has 0 fully saturated rings. The van der Waals surface area contributed by atoms with Crippen LogP contribution >= 0.6 is 22.6 Å². The van der Waals surface area contributed by atoms with Crippen LogP contribution in [0.5, 0.6) is 0 Å². The van der Waals surface area contributed by atoms with E-state index in [4.69, 9.17) is 4.55 Å². The highest BCUT2D eigenvalue weighted by Gasteiger charge is 2.45. The number of carbonyl (C=O) groups excluding carboxylic acids is 2. The number of alkyl halides is 2. The first-order valence-electron chi connectivity index (χ1n) is 6.07. The van der Waals surface area contributed by atoms with E-state index in [0.717, 1.165) is 3.57 Å². The standard InChI is InChI=1S/C12H12F2INO6S/c13-12(14,23(19,20)21)7-22-10(17)4-5-16-11(18)8-2-1-3-9(15)6-8/h1-3,6H,4-5,7H2,(H,16,18)(H,19,20,21). The average Bonchev–Trinajstić information content (AvgIpc) is 2.44. The van der Waals surface area contributed by atoms with E-state index in [0.29, 0.717) is 5.56 Å². The molecule has 1 aromatic rings. The third-order valence-corrected chi connectivity index (χ3v) is 4.02. The summed E-state index contributed by atoms with van der Waals surface area (Å²) in [7, 11) is -5.65. The largest absolute Gasteiger partial charge is 0.458 e. The average molecular weight is 463 g/mol. The Bertz CT molecular complexity index is 695. The molecular formula is C12H12F2INO6S. The minimum absolute atomic E-state index is 0.180. The predicted octanol–water partition coefficient (Wildman–Crippen LogP) is 1.43. The van der Waals surface area contributed by atoms with Gasteiger partial charge >= 0.3 is 21.3 Å². The molecule has 0 saturated carbocycles. The van der Waals surface area contributed by atoms with Gasteiger partial charge in [0.05, 0.1) is 6.42 Å². The summed E-state index contributed by atoms with van der Waals surface area (Å²) in [5, 5.41) is -2.19. The molecule has 0 aliphatic heterocycles. The number of nitrogens with one attached hydrogen (secondary N) is 1. The van der Waals surface area contributed by atoms with Crippen molar-refractivity contribution in [3.63, 3.8) is 0 Å². The number of carbonyl (C=O) groups is 2. The van der Waals surface area contributed by atoms with Gasteiger partial charge in [0, 0.05) is 15.7 Å². The van der Waals surface area contributed by atoms with Gasteiger partial charge in [-0.05, 0) is 40.8 Å². The van der Waals surface area contributed by atoms with Crippen molar-refractivity contribution in [1.82, 2.24) is 5.32 Å². The Morgan fingerprint density at radius 2 is 2.00 bits per heavy atom. The zero-order valence-corrected chi connectivity index (χ0v) is 14.4. The van der Waals surface area contributed by atoms with Crippen molar-refractivity contribution in [1.29, 1.82) is 0 Å². The number of rotatable bonds is 7. The summed E-state index contributed by atoms with van der Waals surface area (Å²) >= 11 is 2.02. The second kappa shape index (κ2) is 7.97. The van der Waals surface area contributed by atoms with Crippen LogP contribution in [0.3, 0.4) is 0 Å². The fourth-order valence-corrected chi connectivity index (χ4v) is 2.07. The van der Waals surface area contributed by atoms with Gasteiger partial charge in [0.1, 0.15) is 0 Å². The lowest BCUT2D eigenvalue weighted by molar-refractivity contribution is -0.149. The van der Waals surface area contributed by atoms with Gasteiger partial charge in [0.15, 0.2) is 6.61 Å². The monoisotopic (exact) mass is 463 g/mol. The highest BCUT2D eigenvalue weighted by Crippen LogP contribution is 2.20. The fraction of sp³-hybridized carbons (Fsp3) is 0.333. The molecule has 1 amide bonds. The van der Waals surface area contributed by atoms with Crippen LogP contribution in [-0.4, -0.2) is 43.3 Å². The van der Waals surface area contributed by atoms with Crippen LogP contribution in [0.1, 0.15) is 16.8 Å². The van der Waals surface area contributed by atoms with Gasteiger partial charge in [0.25, 0.3) is 5.91 Å². The Hall–Kier alpha value is -1.34. The topological polar surface area (TPSA) is 110 Å². The fourth-order valence-electron chi connectivity index (χ4n) is 1.32. The maximum Gasteiger partial charge on any atom is 0.402 e. The summed E-state index contributed by atoms with van der Waals surface area (Å²) in [6.45, 7) is -1.98. The highest BCUT2D eigenvalue weighted by atomic mass is 127. The zero-order valence-electron chi connectivity index (χ0n) is 11.5. The molecule has 1 aromatic carbocycles. The van der Waals surface area contributed by atoms with Gasteiger partial charge in [-0.25, -0.2) is 0 Å². The number of esters is 1. The van der Waals surface area contributed by atoms with Gasteiger partial charge in [-0.2, -0.15) is 17.2 Å². The molecule has 2 N–H and O–H groups in total. The number of hydrogen-bond donors (Lipinski definition) is 2. The summed E-state index contributed by atoms with van der Waals surface area (Å²) in [4.78, 5) is 22.9. The second-order valence-electron chi connectivity index (χ2n) is 4.29. The molecule has 0 radical (unpaired) electrons. The molecule has 0 heterocycles. The van der Waals surface area contributed by atoms with E-state index in [1.54, 1.807) is 24.3 Å². The zero-order chi connectivity index (χ0) is 17.7. The first kappa shape index (κ1) is 19.7. The number of halogens is 3. The molecule has 0 atom stereocenters. The Kier molecular flexibility index (Phi) is 6.83. The van der Waals surface area contributed by atoms with Crippen molar-refractivity contribution in [3.8, 4) is 0 Å². The predicted molar refractivity (Wildman–Crippen MR) is 83.6 cm³/mol. The smallest absolute Gasteiger partial charge is 0.402 e. The maximum atomic E-state index is 12.8. The van der Waals surface area contributed by atoms with Crippen molar-refractivity contribution in [2.45, 2.75) is 11.7 Å². The lowest BCUT2D eigenvalue weighted by Gasteiger charge is -2.13. The summed E-state index contributed by atoms with van der Waals surface area (Å²) in [5.74, 6) is -1.60. The molecule has 7 nitrogen and oxygen atoms in total. The maximum absolute atomic E-state index is 12.8. The van der Waals surface area contributed by atoms with Gasteiger partial charge in [-0.15, -0.1) is 0 Å². The Morgan fingerprint density at radius 3 is 2.57 bits per heavy atom. The third-order valence-electron chi connectivity index (χ3n) is 2.48. The van der Waals surface area contributed by atoms with E-state index in [1.807, 2.05) is 22.6 Å². The minimum Gasteiger partial charge on any atom is -0.458 e. The highest BCUT2D eigenvalue weighted by molar-refractivity contribution is 14.1. The van der Waals surface area contributed by atoms with Crippen LogP contribution in [0.15, 0.2) is 24.3 Å². The molecule has 0 aliphatic rings. The Morgan fingerprint density at radius 1 is 1.35 bits per heavy atom. The third kappa shape index (κ3) is 6.35. The van der Waals surface area contributed by atoms with Gasteiger partial charge in [-0.1, -0.05) is 6.07 Å². The Labute approximate surface area is 144 Å². The van der Waals surface area contributed by atoms with E-state index in [9.17, 15) is 26.8 Å². The van der Waals surface area contributed by atoms with Gasteiger partial charge in [-0.3, -0.25) is 14.1 Å². The normalized spacial score (nSPS) is 11.8. The van der Waals surface area contributed by atoms with Crippen LogP contribution in [0.4, 0.5) is 8.78 Å². The van der Waals surface area contributed by atoms with Crippen molar-refractivity contribution < 1.29 is 36.1 Å². The molecule has 11 heteroatoms. The SMILES string of the molecule is O=C(CCNC(=O)c1cccc(I)c1)OCC(F)(F)S(=O)(=O)O. The molecule has 0 unspecified atom stereocenters. The van der Waals surface area contributed by atoms with Crippen molar-refractivity contribution >= 4 is 44.6 Å². The molecule has 0 spiro atoms. The summed E-state index contributed by atoms with van der Waals surface area (Å²) in [6.07, 6.45) is -0.433. The van der Waals surface area contributed by atoms with Crippen molar-refractivity contribution in [2.24, 2.45) is 0 Å². The first-order chi connectivity index (χ1) is 10.5. The van der Waals surface area contributed by atoms with E-state index in [2.05, 4.69) is 10.1 Å². The molecule has 23 heavy (non-hydrogen) atoms. The van der Waals surface area contributed by atoms with Crippen LogP contribution in [-0.2, 0) is 19.6 Å². The molecule has 0 bridgehead atoms. The lowest BCUT2D eigenvalue weighted by Crippen LogP contribution is -2.35. The van der Waals surface area contributed by atoms with E-state index < -0.39 is 40.3 Å². The molecular weight excluding hydrogens is 451 g/mol. The summed E-state index contributed by atoms with van der Waals surface area (Å²) in [6, 6.07) is 6.62. The van der Waals surface area contributed by atoms with Crippen LogP contribution in [0.25, 0.3) is 0 Å². The Balaban J connectivity index is 2.39. The van der Waals surface area contributed by atoms with Crippen molar-refractivity contribution in [3.05, 3.63) is 33.4 Å². The molecule has 0 aromatic heterocycles. The second-order valence-corrected chi connectivity index (χ2v) is 7.08. The van der Waals surface area contributed by atoms with E-state index in [-0.39, 0.29) is 6.54 Å². The number of benzene rings is 1. The van der Waals surface area contributed by atoms with Gasteiger partial charge < -0.3 is 10.1 Å². The summed E-state index contributed by atoms with van der Waals surface area (Å²) < 4.78 is 59.4. The first-order valence-corrected chi connectivity index (χ1v) is 8.59.